The van der Waals surface area contributed by atoms with Crippen LogP contribution in [0, 0.1) is 0 Å². The molecular weight excluding hydrogens is 328 g/mol. The Morgan fingerprint density at radius 3 is 2.65 bits per heavy atom. The fourth-order valence-corrected chi connectivity index (χ4v) is 3.48. The average Bonchev–Trinajstić information content (AvgIpc) is 3.14. The van der Waals surface area contributed by atoms with Crippen molar-refractivity contribution in [3.05, 3.63) is 70.2 Å². The Labute approximate surface area is 142 Å². The molecule has 2 aromatic carbocycles. The van der Waals surface area contributed by atoms with Gasteiger partial charge in [-0.05, 0) is 24.1 Å². The van der Waals surface area contributed by atoms with Gasteiger partial charge in [0.25, 0.3) is 0 Å². The molecule has 2 aromatic heterocycles. The molecule has 0 saturated carbocycles. The number of nitrogens with zero attached hydrogens (tertiary/aromatic N) is 4. The number of halogens is 1. The maximum atomic E-state index is 6.06. The van der Waals surface area contributed by atoms with Gasteiger partial charge in [0, 0.05) is 17.0 Å². The highest BCUT2D eigenvalue weighted by atomic mass is 35.5. The van der Waals surface area contributed by atoms with Gasteiger partial charge in [0.15, 0.2) is 5.82 Å². The van der Waals surface area contributed by atoms with Crippen molar-refractivity contribution < 1.29 is 0 Å². The molecule has 4 rings (SSSR count). The number of benzene rings is 2. The van der Waals surface area contributed by atoms with E-state index in [4.69, 9.17) is 11.6 Å². The van der Waals surface area contributed by atoms with Gasteiger partial charge in [-0.15, -0.1) is 10.2 Å². The molecule has 0 atom stereocenters. The van der Waals surface area contributed by atoms with E-state index in [1.54, 1.807) is 15.9 Å². The molecule has 4 nitrogen and oxygen atoms in total. The molecule has 0 aliphatic rings. The summed E-state index contributed by atoms with van der Waals surface area (Å²) in [5, 5.41) is 14.9. The summed E-state index contributed by atoms with van der Waals surface area (Å²) in [6.07, 6.45) is 1.87. The van der Waals surface area contributed by atoms with Crippen molar-refractivity contribution in [2.75, 3.05) is 0 Å². The average molecular weight is 341 g/mol. The zero-order valence-corrected chi connectivity index (χ0v) is 13.8. The van der Waals surface area contributed by atoms with Crippen LogP contribution in [0.25, 0.3) is 16.3 Å². The molecule has 2 heterocycles. The van der Waals surface area contributed by atoms with E-state index < -0.39 is 0 Å². The van der Waals surface area contributed by atoms with Gasteiger partial charge in [-0.25, -0.2) is 0 Å². The lowest BCUT2D eigenvalue weighted by Crippen LogP contribution is -1.94. The van der Waals surface area contributed by atoms with Crippen LogP contribution in [-0.2, 0) is 12.8 Å². The first kappa shape index (κ1) is 14.4. The van der Waals surface area contributed by atoms with Crippen molar-refractivity contribution in [1.82, 2.24) is 19.8 Å². The van der Waals surface area contributed by atoms with Crippen molar-refractivity contribution >= 4 is 27.9 Å². The van der Waals surface area contributed by atoms with Crippen LogP contribution in [0.2, 0.25) is 5.02 Å². The minimum absolute atomic E-state index is 0.679. The predicted molar refractivity (Wildman–Crippen MR) is 93.0 cm³/mol. The highest BCUT2D eigenvalue weighted by Gasteiger charge is 2.13. The molecule has 0 unspecified atom stereocenters. The molecule has 114 valence electrons. The minimum atomic E-state index is 0.679. The van der Waals surface area contributed by atoms with Crippen molar-refractivity contribution in [3.63, 3.8) is 0 Å². The third kappa shape index (κ3) is 2.98. The second kappa shape index (κ2) is 6.10. The Bertz CT molecular complexity index is 946. The largest absolute Gasteiger partial charge is 0.234 e. The predicted octanol–water partition coefficient (Wildman–Crippen LogP) is 4.29. The van der Waals surface area contributed by atoms with Crippen LogP contribution in [-0.4, -0.2) is 19.8 Å². The maximum Gasteiger partial charge on any atom is 0.234 e. The summed E-state index contributed by atoms with van der Waals surface area (Å²) in [5.41, 5.74) is 2.23. The summed E-state index contributed by atoms with van der Waals surface area (Å²) in [7, 11) is 0. The topological polar surface area (TPSA) is 43.1 Å². The molecule has 0 aliphatic heterocycles. The molecule has 0 saturated heterocycles. The SMILES string of the molecule is Clc1cccc(-c2nnc3sc(CCc4ccccc4)nn23)c1. The van der Waals surface area contributed by atoms with E-state index in [2.05, 4.69) is 39.6 Å². The van der Waals surface area contributed by atoms with E-state index in [9.17, 15) is 0 Å². The number of fused-ring (bicyclic) bond motifs is 1. The van der Waals surface area contributed by atoms with Gasteiger partial charge in [-0.2, -0.15) is 9.61 Å². The van der Waals surface area contributed by atoms with Crippen LogP contribution in [0.4, 0.5) is 0 Å². The molecule has 6 heteroatoms. The molecule has 0 amide bonds. The first-order valence-corrected chi connectivity index (χ1v) is 8.50. The molecule has 0 aliphatic carbocycles. The van der Waals surface area contributed by atoms with Crippen LogP contribution in [0.3, 0.4) is 0 Å². The molecule has 0 bridgehead atoms. The van der Waals surface area contributed by atoms with Crippen molar-refractivity contribution in [1.29, 1.82) is 0 Å². The fraction of sp³-hybridized carbons (Fsp3) is 0.118. The molecular formula is C17H13ClN4S. The number of hydrogen-bond acceptors (Lipinski definition) is 4. The molecule has 0 radical (unpaired) electrons. The monoisotopic (exact) mass is 340 g/mol. The Morgan fingerprint density at radius 2 is 1.83 bits per heavy atom. The standard InChI is InChI=1S/C17H13ClN4S/c18-14-8-4-7-13(11-14)16-19-20-17-22(16)21-15(23-17)10-9-12-5-2-1-3-6-12/h1-8,11H,9-10H2. The van der Waals surface area contributed by atoms with E-state index in [0.29, 0.717) is 5.02 Å². The van der Waals surface area contributed by atoms with E-state index in [0.717, 1.165) is 34.2 Å². The maximum absolute atomic E-state index is 6.06. The second-order valence-electron chi connectivity index (χ2n) is 5.21. The summed E-state index contributed by atoms with van der Waals surface area (Å²) < 4.78 is 1.80. The highest BCUT2D eigenvalue weighted by molar-refractivity contribution is 7.16. The Hall–Kier alpha value is -2.24. The first-order chi connectivity index (χ1) is 11.3. The van der Waals surface area contributed by atoms with E-state index in [1.165, 1.54) is 5.56 Å². The number of aryl methyl sites for hydroxylation is 2. The van der Waals surface area contributed by atoms with Gasteiger partial charge >= 0.3 is 0 Å². The zero-order chi connectivity index (χ0) is 15.6. The van der Waals surface area contributed by atoms with Crippen LogP contribution < -0.4 is 0 Å². The number of aromatic nitrogens is 4. The lowest BCUT2D eigenvalue weighted by Gasteiger charge is -1.98. The quantitative estimate of drug-likeness (QED) is 0.556. The van der Waals surface area contributed by atoms with Crippen molar-refractivity contribution in [2.24, 2.45) is 0 Å². The molecule has 0 fully saturated rings. The van der Waals surface area contributed by atoms with Gasteiger partial charge in [-0.3, -0.25) is 0 Å². The smallest absolute Gasteiger partial charge is 0.183 e. The Balaban J connectivity index is 1.62. The van der Waals surface area contributed by atoms with E-state index >= 15 is 0 Å². The van der Waals surface area contributed by atoms with E-state index in [-0.39, 0.29) is 0 Å². The Morgan fingerprint density at radius 1 is 0.957 bits per heavy atom. The molecule has 23 heavy (non-hydrogen) atoms. The van der Waals surface area contributed by atoms with Gasteiger partial charge in [-0.1, -0.05) is 65.4 Å². The van der Waals surface area contributed by atoms with Crippen LogP contribution in [0.1, 0.15) is 10.6 Å². The van der Waals surface area contributed by atoms with Gasteiger partial charge in [0.2, 0.25) is 4.96 Å². The summed E-state index contributed by atoms with van der Waals surface area (Å²) in [4.78, 5) is 0.808. The highest BCUT2D eigenvalue weighted by Crippen LogP contribution is 2.24. The summed E-state index contributed by atoms with van der Waals surface area (Å²) in [6, 6.07) is 18.0. The first-order valence-electron chi connectivity index (χ1n) is 7.30. The molecule has 0 N–H and O–H groups in total. The third-order valence-corrected chi connectivity index (χ3v) is 4.78. The van der Waals surface area contributed by atoms with Gasteiger partial charge in [0.1, 0.15) is 5.01 Å². The molecule has 0 spiro atoms. The fourth-order valence-electron chi connectivity index (χ4n) is 2.46. The van der Waals surface area contributed by atoms with Gasteiger partial charge < -0.3 is 0 Å². The van der Waals surface area contributed by atoms with Crippen molar-refractivity contribution in [2.45, 2.75) is 12.8 Å². The van der Waals surface area contributed by atoms with Crippen LogP contribution >= 0.6 is 22.9 Å². The summed E-state index contributed by atoms with van der Waals surface area (Å²) in [6.45, 7) is 0. The Kier molecular flexibility index (Phi) is 3.81. The summed E-state index contributed by atoms with van der Waals surface area (Å²) in [5.74, 6) is 0.727. The summed E-state index contributed by atoms with van der Waals surface area (Å²) >= 11 is 7.64. The number of rotatable bonds is 4. The lowest BCUT2D eigenvalue weighted by atomic mass is 10.1. The van der Waals surface area contributed by atoms with Crippen LogP contribution in [0.5, 0.6) is 0 Å². The normalized spacial score (nSPS) is 11.2. The zero-order valence-electron chi connectivity index (χ0n) is 12.2. The van der Waals surface area contributed by atoms with E-state index in [1.807, 2.05) is 30.3 Å². The third-order valence-electron chi connectivity index (χ3n) is 3.59. The lowest BCUT2D eigenvalue weighted by molar-refractivity contribution is 0.865. The minimum Gasteiger partial charge on any atom is -0.183 e. The molecule has 4 aromatic rings. The number of hydrogen-bond donors (Lipinski definition) is 0. The van der Waals surface area contributed by atoms with Crippen molar-refractivity contribution in [3.8, 4) is 11.4 Å². The van der Waals surface area contributed by atoms with Gasteiger partial charge in [0.05, 0.1) is 0 Å². The second-order valence-corrected chi connectivity index (χ2v) is 6.69. The van der Waals surface area contributed by atoms with Crippen LogP contribution in [0.15, 0.2) is 54.6 Å².